The summed E-state index contributed by atoms with van der Waals surface area (Å²) in [6.45, 7) is 4.28. The molecule has 0 saturated heterocycles. The van der Waals surface area contributed by atoms with E-state index in [0.717, 1.165) is 12.2 Å². The van der Waals surface area contributed by atoms with Gasteiger partial charge in [0.05, 0.1) is 5.92 Å². The fourth-order valence-electron chi connectivity index (χ4n) is 1.93. The number of amides is 1. The largest absolute Gasteiger partial charge is 0.480 e. The summed E-state index contributed by atoms with van der Waals surface area (Å²) >= 11 is 0. The zero-order valence-corrected chi connectivity index (χ0v) is 13.6. The van der Waals surface area contributed by atoms with Gasteiger partial charge in [0.15, 0.2) is 0 Å². The lowest BCUT2D eigenvalue weighted by Gasteiger charge is -2.17. The minimum atomic E-state index is -4.52. The first-order valence-electron chi connectivity index (χ1n) is 6.96. The molecule has 0 aliphatic carbocycles. The molecule has 0 aliphatic heterocycles. The molecule has 8 nitrogen and oxygen atoms in total. The Labute approximate surface area is 134 Å². The lowest BCUT2D eigenvalue weighted by molar-refractivity contribution is -0.141. The molecule has 0 fully saturated rings. The monoisotopic (exact) mass is 344 g/mol. The van der Waals surface area contributed by atoms with Crippen LogP contribution in [0, 0.1) is 0 Å². The van der Waals surface area contributed by atoms with Crippen LogP contribution in [0.5, 0.6) is 0 Å². The summed E-state index contributed by atoms with van der Waals surface area (Å²) in [4.78, 5) is 23.1. The summed E-state index contributed by atoms with van der Waals surface area (Å²) < 4.78 is 30.3. The van der Waals surface area contributed by atoms with Crippen LogP contribution in [0.3, 0.4) is 0 Å². The zero-order chi connectivity index (χ0) is 17.6. The number of carboxylic acid groups (broad SMARTS) is 1. The molecular weight excluding hydrogens is 324 g/mol. The first-order valence-corrected chi connectivity index (χ1v) is 8.57. The highest BCUT2D eigenvalue weighted by atomic mass is 32.2. The summed E-state index contributed by atoms with van der Waals surface area (Å²) in [5.41, 5.74) is 1.54. The van der Waals surface area contributed by atoms with Crippen molar-refractivity contribution in [2.24, 2.45) is 0 Å². The van der Waals surface area contributed by atoms with Gasteiger partial charge in [-0.2, -0.15) is 8.42 Å². The summed E-state index contributed by atoms with van der Waals surface area (Å²) in [5.74, 6) is -3.93. The molecule has 1 aromatic carbocycles. The van der Waals surface area contributed by atoms with E-state index >= 15 is 0 Å². The van der Waals surface area contributed by atoms with Crippen LogP contribution >= 0.6 is 0 Å². The van der Waals surface area contributed by atoms with Crippen LogP contribution in [0.25, 0.3) is 0 Å². The summed E-state index contributed by atoms with van der Waals surface area (Å²) in [6, 6.07) is 5.31. The Bertz CT molecular complexity index is 656. The van der Waals surface area contributed by atoms with Crippen LogP contribution in [-0.4, -0.2) is 48.3 Å². The van der Waals surface area contributed by atoms with Crippen LogP contribution < -0.4 is 10.6 Å². The van der Waals surface area contributed by atoms with E-state index in [1.54, 1.807) is 31.2 Å². The fraction of sp³-hybridized carbons (Fsp3) is 0.429. The van der Waals surface area contributed by atoms with Crippen molar-refractivity contribution in [1.82, 2.24) is 5.32 Å². The Hall–Kier alpha value is -2.13. The first kappa shape index (κ1) is 18.9. The predicted molar refractivity (Wildman–Crippen MR) is 85.0 cm³/mol. The van der Waals surface area contributed by atoms with Gasteiger partial charge >= 0.3 is 5.97 Å². The third kappa shape index (κ3) is 6.25. The molecule has 2 atom stereocenters. The van der Waals surface area contributed by atoms with Crippen LogP contribution in [0.15, 0.2) is 24.3 Å². The summed E-state index contributed by atoms with van der Waals surface area (Å²) in [7, 11) is -4.52. The smallest absolute Gasteiger partial charge is 0.327 e. The number of nitrogens with one attached hydrogen (secondary N) is 2. The van der Waals surface area contributed by atoms with Crippen molar-refractivity contribution >= 4 is 27.7 Å². The second-order valence-electron chi connectivity index (χ2n) is 5.02. The molecule has 1 aromatic rings. The van der Waals surface area contributed by atoms with Crippen LogP contribution in [-0.2, 0) is 19.7 Å². The van der Waals surface area contributed by atoms with Gasteiger partial charge in [-0.25, -0.2) is 4.79 Å². The molecule has 0 aliphatic rings. The lowest BCUT2D eigenvalue weighted by atomic mass is 9.99. The minimum absolute atomic E-state index is 0.641. The van der Waals surface area contributed by atoms with E-state index < -0.39 is 39.7 Å². The maximum absolute atomic E-state index is 12.1. The van der Waals surface area contributed by atoms with Crippen molar-refractivity contribution < 1.29 is 27.7 Å². The van der Waals surface area contributed by atoms with Gasteiger partial charge in [-0.1, -0.05) is 12.1 Å². The van der Waals surface area contributed by atoms with E-state index in [1.807, 2.05) is 6.92 Å². The molecule has 0 heterocycles. The molecular formula is C14H20N2O6S. The Morgan fingerprint density at radius 1 is 1.22 bits per heavy atom. The van der Waals surface area contributed by atoms with Gasteiger partial charge in [-0.3, -0.25) is 9.35 Å². The van der Waals surface area contributed by atoms with Gasteiger partial charge in [-0.05, 0) is 31.5 Å². The van der Waals surface area contributed by atoms with E-state index in [9.17, 15) is 18.0 Å². The van der Waals surface area contributed by atoms with Crippen LogP contribution in [0.1, 0.15) is 25.3 Å². The molecule has 1 amide bonds. The molecule has 0 aromatic heterocycles. The van der Waals surface area contributed by atoms with Crippen LogP contribution in [0.2, 0.25) is 0 Å². The Balaban J connectivity index is 2.80. The number of rotatable bonds is 8. The Morgan fingerprint density at radius 2 is 1.78 bits per heavy atom. The molecule has 2 unspecified atom stereocenters. The third-order valence-electron chi connectivity index (χ3n) is 3.18. The normalized spacial score (nSPS) is 13.9. The molecule has 0 bridgehead atoms. The molecule has 0 radical (unpaired) electrons. The second kappa shape index (κ2) is 7.93. The number of anilines is 1. The molecule has 128 valence electrons. The summed E-state index contributed by atoms with van der Waals surface area (Å²) in [6.07, 6.45) is 0. The van der Waals surface area contributed by atoms with Gasteiger partial charge in [0.1, 0.15) is 11.8 Å². The van der Waals surface area contributed by atoms with Crippen molar-refractivity contribution in [1.29, 1.82) is 0 Å². The van der Waals surface area contributed by atoms with Crippen molar-refractivity contribution in [2.75, 3.05) is 17.6 Å². The van der Waals surface area contributed by atoms with Gasteiger partial charge < -0.3 is 15.7 Å². The van der Waals surface area contributed by atoms with E-state index in [0.29, 0.717) is 5.56 Å². The highest BCUT2D eigenvalue weighted by Crippen LogP contribution is 2.18. The Morgan fingerprint density at radius 3 is 2.22 bits per heavy atom. The average Bonchev–Trinajstić information content (AvgIpc) is 2.45. The average molecular weight is 344 g/mol. The van der Waals surface area contributed by atoms with Gasteiger partial charge in [0.25, 0.3) is 10.1 Å². The maximum Gasteiger partial charge on any atom is 0.327 e. The van der Waals surface area contributed by atoms with Gasteiger partial charge in [0, 0.05) is 12.2 Å². The number of hydrogen-bond acceptors (Lipinski definition) is 5. The number of carbonyl (C=O) groups excluding carboxylic acids is 1. The minimum Gasteiger partial charge on any atom is -0.480 e. The van der Waals surface area contributed by atoms with E-state index in [4.69, 9.17) is 9.66 Å². The first-order chi connectivity index (χ1) is 10.6. The highest BCUT2D eigenvalue weighted by molar-refractivity contribution is 7.85. The van der Waals surface area contributed by atoms with E-state index in [2.05, 4.69) is 10.6 Å². The summed E-state index contributed by atoms with van der Waals surface area (Å²) in [5, 5.41) is 14.2. The van der Waals surface area contributed by atoms with Crippen molar-refractivity contribution in [3.8, 4) is 0 Å². The Kier molecular flexibility index (Phi) is 6.52. The van der Waals surface area contributed by atoms with Crippen LogP contribution in [0.4, 0.5) is 5.69 Å². The second-order valence-corrected chi connectivity index (χ2v) is 6.52. The van der Waals surface area contributed by atoms with Crippen molar-refractivity contribution in [2.45, 2.75) is 25.8 Å². The van der Waals surface area contributed by atoms with Crippen molar-refractivity contribution in [3.05, 3.63) is 29.8 Å². The van der Waals surface area contributed by atoms with Gasteiger partial charge in [-0.15, -0.1) is 0 Å². The SMILES string of the molecule is CCNc1ccc(C(C)C(=O)NC(CS(=O)(=O)O)C(=O)O)cc1. The third-order valence-corrected chi connectivity index (χ3v) is 3.93. The number of hydrogen-bond donors (Lipinski definition) is 4. The molecule has 0 saturated carbocycles. The number of benzene rings is 1. The topological polar surface area (TPSA) is 133 Å². The molecule has 23 heavy (non-hydrogen) atoms. The standard InChI is InChI=1S/C14H20N2O6S/c1-3-15-11-6-4-10(5-7-11)9(2)13(17)16-12(14(18)19)8-23(20,21)22/h4-7,9,12,15H,3,8H2,1-2H3,(H,16,17)(H,18,19)(H,20,21,22). The van der Waals surface area contributed by atoms with E-state index in [1.165, 1.54) is 0 Å². The number of carbonyl (C=O) groups is 2. The molecule has 0 spiro atoms. The predicted octanol–water partition coefficient (Wildman–Crippen LogP) is 0.679. The zero-order valence-electron chi connectivity index (χ0n) is 12.8. The van der Waals surface area contributed by atoms with Gasteiger partial charge in [0.2, 0.25) is 5.91 Å². The fourth-order valence-corrected chi connectivity index (χ4v) is 2.57. The highest BCUT2D eigenvalue weighted by Gasteiger charge is 2.27. The lowest BCUT2D eigenvalue weighted by Crippen LogP contribution is -2.46. The molecule has 4 N–H and O–H groups in total. The van der Waals surface area contributed by atoms with E-state index in [-0.39, 0.29) is 0 Å². The number of aliphatic carboxylic acids is 1. The number of carboxylic acids is 1. The molecule has 1 rings (SSSR count). The quantitative estimate of drug-likeness (QED) is 0.510. The molecule has 9 heteroatoms. The maximum atomic E-state index is 12.1. The van der Waals surface area contributed by atoms with Crippen molar-refractivity contribution in [3.63, 3.8) is 0 Å².